The Morgan fingerprint density at radius 1 is 1.27 bits per heavy atom. The first-order chi connectivity index (χ1) is 12.6. The molecule has 1 unspecified atom stereocenters. The van der Waals surface area contributed by atoms with Gasteiger partial charge in [0.2, 0.25) is 0 Å². The Morgan fingerprint density at radius 3 is 2.77 bits per heavy atom. The summed E-state index contributed by atoms with van der Waals surface area (Å²) < 4.78 is 2.39. The molecule has 1 aromatic carbocycles. The van der Waals surface area contributed by atoms with E-state index in [0.29, 0.717) is 6.04 Å². The van der Waals surface area contributed by atoms with Crippen molar-refractivity contribution in [2.75, 3.05) is 13.6 Å². The highest BCUT2D eigenvalue weighted by Gasteiger charge is 2.29. The molecule has 4 heteroatoms. The Morgan fingerprint density at radius 2 is 2.04 bits per heavy atom. The molecule has 0 saturated heterocycles. The molecule has 3 nitrogen and oxygen atoms in total. The lowest BCUT2D eigenvalue weighted by Crippen LogP contribution is -2.32. The smallest absolute Gasteiger partial charge is 0.0530 e. The number of pyridine rings is 1. The zero-order valence-corrected chi connectivity index (χ0v) is 16.3. The van der Waals surface area contributed by atoms with Crippen LogP contribution in [0, 0.1) is 0 Å². The first-order valence-electron chi connectivity index (χ1n) is 9.21. The third kappa shape index (κ3) is 2.85. The van der Waals surface area contributed by atoms with Gasteiger partial charge in [0.25, 0.3) is 0 Å². The van der Waals surface area contributed by atoms with Crippen LogP contribution in [-0.2, 0) is 6.42 Å². The van der Waals surface area contributed by atoms with Crippen molar-refractivity contribution in [1.29, 1.82) is 0 Å². The Hall–Kier alpha value is -2.10. The van der Waals surface area contributed by atoms with Crippen LogP contribution in [0.25, 0.3) is 22.7 Å². The minimum absolute atomic E-state index is 0.423. The molecule has 2 aromatic heterocycles. The Labute approximate surface area is 159 Å². The van der Waals surface area contributed by atoms with Gasteiger partial charge >= 0.3 is 0 Å². The standard InChI is InChI=1S/C22H24ClN3/c1-4-20-22-18(9-12-25(20)3)19-13-17(23)5-6-21(19)26(22)14-15(2)16-7-10-24-11-8-16/h5-8,10-11,13-14,20H,4,9,12H2,1-3H3. The molecule has 0 bridgehead atoms. The SMILES string of the molecule is CCC1c2c(c3cc(Cl)ccc3n2C=C(C)c2ccncc2)CCN1C. The summed E-state index contributed by atoms with van der Waals surface area (Å²) in [5.74, 6) is 0. The minimum atomic E-state index is 0.423. The number of hydrogen-bond donors (Lipinski definition) is 0. The second-order valence-electron chi connectivity index (χ2n) is 7.10. The minimum Gasteiger partial charge on any atom is -0.318 e. The zero-order valence-electron chi connectivity index (χ0n) is 15.5. The molecule has 3 heterocycles. The summed E-state index contributed by atoms with van der Waals surface area (Å²) in [6.07, 6.45) is 8.12. The van der Waals surface area contributed by atoms with Crippen LogP contribution in [0.2, 0.25) is 5.02 Å². The van der Waals surface area contributed by atoms with Crippen LogP contribution in [0.5, 0.6) is 0 Å². The topological polar surface area (TPSA) is 21.1 Å². The summed E-state index contributed by atoms with van der Waals surface area (Å²) in [6.45, 7) is 5.52. The largest absolute Gasteiger partial charge is 0.318 e. The van der Waals surface area contributed by atoms with Crippen molar-refractivity contribution in [3.63, 3.8) is 0 Å². The van der Waals surface area contributed by atoms with E-state index < -0.39 is 0 Å². The number of hydrogen-bond acceptors (Lipinski definition) is 2. The molecule has 0 saturated carbocycles. The van der Waals surface area contributed by atoms with Crippen LogP contribution < -0.4 is 0 Å². The number of benzene rings is 1. The fourth-order valence-electron chi connectivity index (χ4n) is 4.18. The molecule has 3 aromatic rings. The molecule has 26 heavy (non-hydrogen) atoms. The normalized spacial score (nSPS) is 18.3. The summed E-state index contributed by atoms with van der Waals surface area (Å²) >= 11 is 6.33. The van der Waals surface area contributed by atoms with Gasteiger partial charge in [0.05, 0.1) is 11.6 Å². The first kappa shape index (κ1) is 17.3. The lowest BCUT2D eigenvalue weighted by Gasteiger charge is -2.33. The molecular formula is C22H24ClN3. The Bertz CT molecular complexity index is 972. The van der Waals surface area contributed by atoms with E-state index >= 15 is 0 Å². The first-order valence-corrected chi connectivity index (χ1v) is 9.59. The van der Waals surface area contributed by atoms with Crippen LogP contribution >= 0.6 is 11.6 Å². The average molecular weight is 366 g/mol. The molecule has 134 valence electrons. The van der Waals surface area contributed by atoms with Gasteiger partial charge in [-0.2, -0.15) is 0 Å². The van der Waals surface area contributed by atoms with Gasteiger partial charge in [-0.05, 0) is 73.8 Å². The van der Waals surface area contributed by atoms with Crippen molar-refractivity contribution in [3.05, 3.63) is 64.6 Å². The highest BCUT2D eigenvalue weighted by atomic mass is 35.5. The van der Waals surface area contributed by atoms with Crippen molar-refractivity contribution in [2.45, 2.75) is 32.7 Å². The highest BCUT2D eigenvalue weighted by molar-refractivity contribution is 6.31. The van der Waals surface area contributed by atoms with E-state index in [4.69, 9.17) is 11.6 Å². The van der Waals surface area contributed by atoms with E-state index in [1.165, 1.54) is 33.3 Å². The van der Waals surface area contributed by atoms with Crippen LogP contribution in [0.4, 0.5) is 0 Å². The van der Waals surface area contributed by atoms with Crippen LogP contribution in [0.15, 0.2) is 42.7 Å². The molecule has 0 spiro atoms. The molecule has 0 aliphatic carbocycles. The summed E-state index contributed by atoms with van der Waals surface area (Å²) in [5, 5.41) is 2.09. The maximum atomic E-state index is 6.33. The third-order valence-electron chi connectivity index (χ3n) is 5.52. The van der Waals surface area contributed by atoms with Gasteiger partial charge in [-0.3, -0.25) is 9.88 Å². The van der Waals surface area contributed by atoms with E-state index in [2.05, 4.69) is 65.8 Å². The quantitative estimate of drug-likeness (QED) is 0.598. The molecule has 0 fully saturated rings. The van der Waals surface area contributed by atoms with E-state index in [1.807, 2.05) is 18.5 Å². The molecular weight excluding hydrogens is 342 g/mol. The number of rotatable bonds is 3. The fraction of sp³-hybridized carbons (Fsp3) is 0.318. The molecule has 0 amide bonds. The van der Waals surface area contributed by atoms with Crippen LogP contribution in [0.1, 0.15) is 43.1 Å². The maximum Gasteiger partial charge on any atom is 0.0530 e. The molecule has 0 radical (unpaired) electrons. The molecule has 0 N–H and O–H groups in total. The number of likely N-dealkylation sites (N-methyl/N-ethyl adjacent to an activating group) is 1. The van der Waals surface area contributed by atoms with E-state index in [0.717, 1.165) is 24.4 Å². The van der Waals surface area contributed by atoms with E-state index in [-0.39, 0.29) is 0 Å². The van der Waals surface area contributed by atoms with Gasteiger partial charge in [0.1, 0.15) is 0 Å². The Balaban J connectivity index is 1.98. The van der Waals surface area contributed by atoms with Crippen molar-refractivity contribution in [2.24, 2.45) is 0 Å². The van der Waals surface area contributed by atoms with Gasteiger partial charge < -0.3 is 4.57 Å². The number of aromatic nitrogens is 2. The predicted octanol–water partition coefficient (Wildman–Crippen LogP) is 5.65. The van der Waals surface area contributed by atoms with E-state index in [9.17, 15) is 0 Å². The molecule has 4 rings (SSSR count). The molecule has 1 aliphatic heterocycles. The second kappa shape index (κ2) is 6.90. The Kier molecular flexibility index (Phi) is 4.60. The monoisotopic (exact) mass is 365 g/mol. The number of fused-ring (bicyclic) bond motifs is 3. The number of halogens is 1. The van der Waals surface area contributed by atoms with Gasteiger partial charge in [-0.15, -0.1) is 0 Å². The van der Waals surface area contributed by atoms with Crippen molar-refractivity contribution in [1.82, 2.24) is 14.5 Å². The predicted molar refractivity (Wildman–Crippen MR) is 110 cm³/mol. The fourth-order valence-corrected chi connectivity index (χ4v) is 4.35. The number of allylic oxidation sites excluding steroid dienone is 1. The zero-order chi connectivity index (χ0) is 18.3. The van der Waals surface area contributed by atoms with Gasteiger partial charge in [-0.1, -0.05) is 18.5 Å². The third-order valence-corrected chi connectivity index (χ3v) is 5.75. The van der Waals surface area contributed by atoms with Gasteiger partial charge in [0.15, 0.2) is 0 Å². The van der Waals surface area contributed by atoms with Crippen LogP contribution in [-0.4, -0.2) is 28.0 Å². The van der Waals surface area contributed by atoms with Gasteiger partial charge in [0, 0.05) is 41.2 Å². The summed E-state index contributed by atoms with van der Waals surface area (Å²) in [4.78, 5) is 6.60. The van der Waals surface area contributed by atoms with E-state index in [1.54, 1.807) is 0 Å². The lowest BCUT2D eigenvalue weighted by atomic mass is 9.96. The molecule has 1 atom stereocenters. The van der Waals surface area contributed by atoms with Crippen LogP contribution in [0.3, 0.4) is 0 Å². The van der Waals surface area contributed by atoms with Crippen molar-refractivity contribution >= 4 is 34.3 Å². The summed E-state index contributed by atoms with van der Waals surface area (Å²) in [7, 11) is 2.23. The van der Waals surface area contributed by atoms with Crippen molar-refractivity contribution in [3.8, 4) is 0 Å². The lowest BCUT2D eigenvalue weighted by molar-refractivity contribution is 0.220. The highest BCUT2D eigenvalue weighted by Crippen LogP contribution is 2.39. The summed E-state index contributed by atoms with van der Waals surface area (Å²) in [5.41, 5.74) is 6.52. The van der Waals surface area contributed by atoms with Crippen molar-refractivity contribution < 1.29 is 0 Å². The summed E-state index contributed by atoms with van der Waals surface area (Å²) in [6, 6.07) is 10.8. The molecule has 1 aliphatic rings. The average Bonchev–Trinajstić information content (AvgIpc) is 2.95. The maximum absolute atomic E-state index is 6.33. The van der Waals surface area contributed by atoms with Gasteiger partial charge in [-0.25, -0.2) is 0 Å². The second-order valence-corrected chi connectivity index (χ2v) is 7.53. The number of nitrogens with zero attached hydrogens (tertiary/aromatic N) is 3.